The molecule has 1 N–H and O–H groups in total. The van der Waals surface area contributed by atoms with Crippen molar-refractivity contribution in [1.29, 1.82) is 0 Å². The van der Waals surface area contributed by atoms with E-state index in [1.54, 1.807) is 12.1 Å². The third-order valence-corrected chi connectivity index (χ3v) is 3.45. The number of benzene rings is 1. The van der Waals surface area contributed by atoms with E-state index in [0.29, 0.717) is 15.7 Å². The fourth-order valence-electron chi connectivity index (χ4n) is 1.87. The van der Waals surface area contributed by atoms with Crippen molar-refractivity contribution in [3.63, 3.8) is 0 Å². The maximum absolute atomic E-state index is 12.1. The average molecular weight is 309 g/mol. The van der Waals surface area contributed by atoms with Crippen LogP contribution in [0, 0.1) is 0 Å². The van der Waals surface area contributed by atoms with Crippen LogP contribution in [-0.4, -0.2) is 10.9 Å². The highest BCUT2D eigenvalue weighted by molar-refractivity contribution is 6.30. The Kier molecular flexibility index (Phi) is 4.99. The van der Waals surface area contributed by atoms with E-state index in [4.69, 9.17) is 23.2 Å². The number of hydrogen-bond acceptors (Lipinski definition) is 2. The molecule has 5 heteroatoms. The van der Waals surface area contributed by atoms with Gasteiger partial charge in [0.05, 0.1) is 11.6 Å². The molecule has 0 radical (unpaired) electrons. The Morgan fingerprint density at radius 3 is 2.45 bits per heavy atom. The molecule has 0 aliphatic carbocycles. The maximum atomic E-state index is 12.1. The SMILES string of the molecule is CCC(NC(=O)c1ccc(Cl)nc1)c1ccc(Cl)cc1. The highest BCUT2D eigenvalue weighted by Gasteiger charge is 2.14. The third-order valence-electron chi connectivity index (χ3n) is 2.98. The van der Waals surface area contributed by atoms with E-state index in [-0.39, 0.29) is 11.9 Å². The first-order chi connectivity index (χ1) is 9.60. The van der Waals surface area contributed by atoms with Crippen molar-refractivity contribution in [2.75, 3.05) is 0 Å². The molecule has 2 aromatic rings. The molecule has 1 aromatic carbocycles. The summed E-state index contributed by atoms with van der Waals surface area (Å²) >= 11 is 11.6. The van der Waals surface area contributed by atoms with Gasteiger partial charge in [0.15, 0.2) is 0 Å². The molecule has 20 heavy (non-hydrogen) atoms. The molecule has 3 nitrogen and oxygen atoms in total. The predicted octanol–water partition coefficient (Wildman–Crippen LogP) is 4.27. The first-order valence-corrected chi connectivity index (χ1v) is 7.03. The van der Waals surface area contributed by atoms with Crippen molar-refractivity contribution in [1.82, 2.24) is 10.3 Å². The number of nitrogens with one attached hydrogen (secondary N) is 1. The van der Waals surface area contributed by atoms with E-state index in [2.05, 4.69) is 10.3 Å². The molecule has 1 aromatic heterocycles. The van der Waals surface area contributed by atoms with E-state index in [9.17, 15) is 4.79 Å². The number of hydrogen-bond donors (Lipinski definition) is 1. The number of rotatable bonds is 4. The summed E-state index contributed by atoms with van der Waals surface area (Å²) in [5, 5.41) is 4.02. The van der Waals surface area contributed by atoms with E-state index in [1.165, 1.54) is 6.20 Å². The molecule has 1 atom stereocenters. The Morgan fingerprint density at radius 1 is 1.20 bits per heavy atom. The van der Waals surface area contributed by atoms with Gasteiger partial charge in [-0.2, -0.15) is 0 Å². The molecule has 0 aliphatic heterocycles. The zero-order valence-electron chi connectivity index (χ0n) is 10.9. The number of pyridine rings is 1. The first kappa shape index (κ1) is 14.8. The van der Waals surface area contributed by atoms with Gasteiger partial charge >= 0.3 is 0 Å². The molecule has 0 fully saturated rings. The van der Waals surface area contributed by atoms with Crippen LogP contribution in [0.3, 0.4) is 0 Å². The number of carbonyl (C=O) groups excluding carboxylic acids is 1. The number of nitrogens with zero attached hydrogens (tertiary/aromatic N) is 1. The monoisotopic (exact) mass is 308 g/mol. The highest BCUT2D eigenvalue weighted by Crippen LogP contribution is 2.19. The second-order valence-corrected chi connectivity index (χ2v) is 5.18. The van der Waals surface area contributed by atoms with E-state index < -0.39 is 0 Å². The van der Waals surface area contributed by atoms with Crippen LogP contribution in [0.4, 0.5) is 0 Å². The lowest BCUT2D eigenvalue weighted by Gasteiger charge is -2.17. The first-order valence-electron chi connectivity index (χ1n) is 6.28. The molecule has 0 saturated carbocycles. The number of amides is 1. The average Bonchev–Trinajstić information content (AvgIpc) is 2.46. The van der Waals surface area contributed by atoms with E-state index in [0.717, 1.165) is 12.0 Å². The van der Waals surface area contributed by atoms with Crippen molar-refractivity contribution in [3.8, 4) is 0 Å². The topological polar surface area (TPSA) is 42.0 Å². The molecule has 104 valence electrons. The van der Waals surface area contributed by atoms with Crippen molar-refractivity contribution in [3.05, 3.63) is 63.9 Å². The fourth-order valence-corrected chi connectivity index (χ4v) is 2.11. The van der Waals surface area contributed by atoms with Crippen molar-refractivity contribution >= 4 is 29.1 Å². The van der Waals surface area contributed by atoms with Gasteiger partial charge in [0.1, 0.15) is 5.15 Å². The molecular weight excluding hydrogens is 295 g/mol. The number of aromatic nitrogens is 1. The van der Waals surface area contributed by atoms with Gasteiger partial charge in [-0.15, -0.1) is 0 Å². The van der Waals surface area contributed by atoms with Gasteiger partial charge in [-0.05, 0) is 36.2 Å². The Hall–Kier alpha value is -1.58. The van der Waals surface area contributed by atoms with Crippen LogP contribution in [0.2, 0.25) is 10.2 Å². The minimum absolute atomic E-state index is 0.0598. The summed E-state index contributed by atoms with van der Waals surface area (Å²) in [5.74, 6) is -0.170. The number of carbonyl (C=O) groups is 1. The Balaban J connectivity index is 2.11. The van der Waals surface area contributed by atoms with Gasteiger partial charge in [-0.25, -0.2) is 4.98 Å². The summed E-state index contributed by atoms with van der Waals surface area (Å²) in [6, 6.07) is 10.6. The quantitative estimate of drug-likeness (QED) is 0.857. The van der Waals surface area contributed by atoms with Crippen LogP contribution in [0.25, 0.3) is 0 Å². The number of halogens is 2. The normalized spacial score (nSPS) is 11.9. The Labute approximate surface area is 127 Å². The zero-order valence-corrected chi connectivity index (χ0v) is 12.4. The molecule has 1 heterocycles. The van der Waals surface area contributed by atoms with Crippen molar-refractivity contribution in [2.24, 2.45) is 0 Å². The summed E-state index contributed by atoms with van der Waals surface area (Å²) in [5.41, 5.74) is 1.51. The maximum Gasteiger partial charge on any atom is 0.253 e. The Bertz CT molecular complexity index is 582. The summed E-state index contributed by atoms with van der Waals surface area (Å²) in [7, 11) is 0. The largest absolute Gasteiger partial charge is 0.345 e. The molecule has 0 aliphatic rings. The lowest BCUT2D eigenvalue weighted by atomic mass is 10.0. The van der Waals surface area contributed by atoms with Crippen LogP contribution < -0.4 is 5.32 Å². The predicted molar refractivity (Wildman–Crippen MR) is 81.2 cm³/mol. The molecule has 0 bridgehead atoms. The summed E-state index contributed by atoms with van der Waals surface area (Å²) < 4.78 is 0. The fraction of sp³-hybridized carbons (Fsp3) is 0.200. The third kappa shape index (κ3) is 3.71. The van der Waals surface area contributed by atoms with Crippen LogP contribution in [0.15, 0.2) is 42.6 Å². The highest BCUT2D eigenvalue weighted by atomic mass is 35.5. The van der Waals surface area contributed by atoms with Gasteiger partial charge in [0.25, 0.3) is 5.91 Å². The Morgan fingerprint density at radius 2 is 1.90 bits per heavy atom. The van der Waals surface area contributed by atoms with Gasteiger partial charge in [-0.1, -0.05) is 42.3 Å². The lowest BCUT2D eigenvalue weighted by Crippen LogP contribution is -2.28. The van der Waals surface area contributed by atoms with Gasteiger partial charge in [0.2, 0.25) is 0 Å². The lowest BCUT2D eigenvalue weighted by molar-refractivity contribution is 0.0935. The standard InChI is InChI=1S/C15H14Cl2N2O/c1-2-13(10-3-6-12(16)7-4-10)19-15(20)11-5-8-14(17)18-9-11/h3-9,13H,2H2,1H3,(H,19,20). The van der Waals surface area contributed by atoms with Gasteiger partial charge < -0.3 is 5.32 Å². The van der Waals surface area contributed by atoms with Gasteiger partial charge in [-0.3, -0.25) is 4.79 Å². The second kappa shape index (κ2) is 6.73. The van der Waals surface area contributed by atoms with Crippen molar-refractivity contribution < 1.29 is 4.79 Å². The van der Waals surface area contributed by atoms with Crippen LogP contribution in [-0.2, 0) is 0 Å². The molecule has 0 saturated heterocycles. The summed E-state index contributed by atoms with van der Waals surface area (Å²) in [6.07, 6.45) is 2.25. The minimum Gasteiger partial charge on any atom is -0.345 e. The zero-order chi connectivity index (χ0) is 14.5. The molecule has 0 spiro atoms. The van der Waals surface area contributed by atoms with Crippen LogP contribution in [0.5, 0.6) is 0 Å². The molecule has 1 amide bonds. The van der Waals surface area contributed by atoms with E-state index in [1.807, 2.05) is 31.2 Å². The van der Waals surface area contributed by atoms with E-state index >= 15 is 0 Å². The van der Waals surface area contributed by atoms with Gasteiger partial charge in [0, 0.05) is 11.2 Å². The molecule has 2 rings (SSSR count). The van der Waals surface area contributed by atoms with Crippen LogP contribution in [0.1, 0.15) is 35.3 Å². The molecular formula is C15H14Cl2N2O. The summed E-state index contributed by atoms with van der Waals surface area (Å²) in [6.45, 7) is 2.01. The second-order valence-electron chi connectivity index (χ2n) is 4.36. The molecule has 1 unspecified atom stereocenters. The summed E-state index contributed by atoms with van der Waals surface area (Å²) in [4.78, 5) is 16.1. The van der Waals surface area contributed by atoms with Crippen molar-refractivity contribution in [2.45, 2.75) is 19.4 Å². The van der Waals surface area contributed by atoms with Crippen LogP contribution >= 0.6 is 23.2 Å². The smallest absolute Gasteiger partial charge is 0.253 e. The minimum atomic E-state index is -0.170.